The molecule has 21 heavy (non-hydrogen) atoms. The molecule has 0 radical (unpaired) electrons. The summed E-state index contributed by atoms with van der Waals surface area (Å²) in [4.78, 5) is 8.61. The van der Waals surface area contributed by atoms with E-state index in [2.05, 4.69) is 41.1 Å². The maximum Gasteiger partial charge on any atom is 0.170 e. The van der Waals surface area contributed by atoms with Crippen LogP contribution in [-0.2, 0) is 6.54 Å². The molecule has 1 aromatic rings. The molecule has 116 valence electrons. The zero-order valence-corrected chi connectivity index (χ0v) is 13.1. The second-order valence-corrected chi connectivity index (χ2v) is 6.68. The number of pyridine rings is 1. The van der Waals surface area contributed by atoms with Crippen molar-refractivity contribution < 1.29 is 4.39 Å². The minimum absolute atomic E-state index is 0.155. The largest absolute Gasteiger partial charge is 0.352 e. The monoisotopic (exact) mass is 292 g/mol. The first-order chi connectivity index (χ1) is 10.1. The van der Waals surface area contributed by atoms with Crippen molar-refractivity contribution in [3.05, 3.63) is 23.6 Å². The molecule has 4 nitrogen and oxygen atoms in total. The van der Waals surface area contributed by atoms with Gasteiger partial charge < -0.3 is 15.1 Å². The summed E-state index contributed by atoms with van der Waals surface area (Å²) in [6.45, 7) is 4.54. The molecule has 2 aliphatic rings. The second kappa shape index (κ2) is 5.89. The van der Waals surface area contributed by atoms with Gasteiger partial charge in [0.25, 0.3) is 0 Å². The van der Waals surface area contributed by atoms with Gasteiger partial charge >= 0.3 is 0 Å². The number of hydrogen-bond acceptors (Lipinski definition) is 4. The average Bonchev–Trinajstić information content (AvgIpc) is 3.19. The molecule has 2 heterocycles. The van der Waals surface area contributed by atoms with E-state index in [0.717, 1.165) is 18.7 Å². The maximum absolute atomic E-state index is 14.7. The first-order valence-electron chi connectivity index (χ1n) is 7.84. The van der Waals surface area contributed by atoms with Crippen LogP contribution in [0.5, 0.6) is 0 Å². The lowest BCUT2D eigenvalue weighted by atomic mass is 10.1. The molecule has 0 spiro atoms. The van der Waals surface area contributed by atoms with E-state index >= 15 is 0 Å². The van der Waals surface area contributed by atoms with E-state index < -0.39 is 0 Å². The number of aromatic nitrogens is 1. The Bertz CT molecular complexity index is 501. The van der Waals surface area contributed by atoms with Gasteiger partial charge in [0, 0.05) is 43.5 Å². The zero-order chi connectivity index (χ0) is 15.0. The molecule has 1 N–H and O–H groups in total. The molecule has 3 rings (SSSR count). The van der Waals surface area contributed by atoms with Gasteiger partial charge in [-0.25, -0.2) is 9.37 Å². The second-order valence-electron chi connectivity index (χ2n) is 6.68. The Morgan fingerprint density at radius 1 is 1.38 bits per heavy atom. The molecule has 5 heteroatoms. The fraction of sp³-hybridized carbons (Fsp3) is 0.688. The van der Waals surface area contributed by atoms with Gasteiger partial charge in [-0.05, 0) is 38.9 Å². The van der Waals surface area contributed by atoms with Crippen LogP contribution < -0.4 is 10.2 Å². The molecule has 1 aliphatic carbocycles. The number of rotatable bonds is 5. The fourth-order valence-electron chi connectivity index (χ4n) is 3.16. The van der Waals surface area contributed by atoms with Crippen molar-refractivity contribution in [1.82, 2.24) is 15.2 Å². The number of likely N-dealkylation sites (N-methyl/N-ethyl adjacent to an activating group) is 1. The summed E-state index contributed by atoms with van der Waals surface area (Å²) in [6, 6.07) is 2.84. The van der Waals surface area contributed by atoms with Gasteiger partial charge in [0.2, 0.25) is 0 Å². The van der Waals surface area contributed by atoms with Crippen LogP contribution in [0.4, 0.5) is 10.2 Å². The predicted molar refractivity (Wildman–Crippen MR) is 82.9 cm³/mol. The summed E-state index contributed by atoms with van der Waals surface area (Å²) in [7, 11) is 4.18. The molecule has 1 saturated carbocycles. The molecule has 2 unspecified atom stereocenters. The Kier molecular flexibility index (Phi) is 4.13. The minimum Gasteiger partial charge on any atom is -0.352 e. The topological polar surface area (TPSA) is 31.4 Å². The van der Waals surface area contributed by atoms with Crippen LogP contribution in [0.3, 0.4) is 0 Å². The molecule has 0 aromatic carbocycles. The van der Waals surface area contributed by atoms with Crippen LogP contribution >= 0.6 is 0 Å². The lowest BCUT2D eigenvalue weighted by Gasteiger charge is -2.23. The summed E-state index contributed by atoms with van der Waals surface area (Å²) in [5, 5.41) is 3.37. The maximum atomic E-state index is 14.7. The Morgan fingerprint density at radius 2 is 2.14 bits per heavy atom. The highest BCUT2D eigenvalue weighted by molar-refractivity contribution is 5.45. The summed E-state index contributed by atoms with van der Waals surface area (Å²) in [5.41, 5.74) is 0.729. The third kappa shape index (κ3) is 3.19. The number of halogens is 1. The van der Waals surface area contributed by atoms with Crippen molar-refractivity contribution in [3.63, 3.8) is 0 Å². The van der Waals surface area contributed by atoms with Crippen LogP contribution in [0.15, 0.2) is 12.3 Å². The summed E-state index contributed by atoms with van der Waals surface area (Å²) < 4.78 is 14.7. The van der Waals surface area contributed by atoms with Gasteiger partial charge in [-0.15, -0.1) is 0 Å². The highest BCUT2D eigenvalue weighted by Gasteiger charge is 2.33. The molecule has 1 saturated heterocycles. The Labute approximate surface area is 126 Å². The van der Waals surface area contributed by atoms with Crippen LogP contribution in [-0.4, -0.2) is 49.2 Å². The van der Waals surface area contributed by atoms with E-state index in [1.165, 1.54) is 12.8 Å². The van der Waals surface area contributed by atoms with Crippen LogP contribution in [0, 0.1) is 11.7 Å². The van der Waals surface area contributed by atoms with Crippen molar-refractivity contribution in [3.8, 4) is 0 Å². The molecule has 1 aliphatic heterocycles. The number of hydrogen-bond donors (Lipinski definition) is 1. The molecule has 0 bridgehead atoms. The van der Waals surface area contributed by atoms with Gasteiger partial charge in [-0.1, -0.05) is 6.92 Å². The van der Waals surface area contributed by atoms with E-state index in [1.807, 2.05) is 0 Å². The third-order valence-electron chi connectivity index (χ3n) is 4.64. The van der Waals surface area contributed by atoms with E-state index in [9.17, 15) is 4.39 Å². The summed E-state index contributed by atoms with van der Waals surface area (Å²) in [6.07, 6.45) is 4.16. The van der Waals surface area contributed by atoms with Crippen LogP contribution in [0.25, 0.3) is 0 Å². The third-order valence-corrected chi connectivity index (χ3v) is 4.64. The highest BCUT2D eigenvalue weighted by atomic mass is 19.1. The quantitative estimate of drug-likeness (QED) is 0.897. The molecular weight excluding hydrogens is 267 g/mol. The van der Waals surface area contributed by atoms with Crippen molar-refractivity contribution in [2.45, 2.75) is 38.4 Å². The van der Waals surface area contributed by atoms with E-state index in [0.29, 0.717) is 30.4 Å². The molecular formula is C16H25FN4. The lowest BCUT2D eigenvalue weighted by Crippen LogP contribution is -2.34. The first-order valence-corrected chi connectivity index (χ1v) is 7.84. The highest BCUT2D eigenvalue weighted by Crippen LogP contribution is 2.28. The zero-order valence-electron chi connectivity index (χ0n) is 13.1. The Morgan fingerprint density at radius 3 is 2.76 bits per heavy atom. The fourth-order valence-corrected chi connectivity index (χ4v) is 3.16. The standard InChI is InChI=1S/C16H25FN4/c1-11-9-21(10-14(11)20(2)3)16-15(17)12(6-7-18-16)8-19-13-4-5-13/h6-7,11,13-14,19H,4-5,8-10H2,1-3H3. The van der Waals surface area contributed by atoms with Crippen molar-refractivity contribution in [1.29, 1.82) is 0 Å². The summed E-state index contributed by atoms with van der Waals surface area (Å²) in [5.74, 6) is 0.882. The lowest BCUT2D eigenvalue weighted by molar-refractivity contribution is 0.266. The van der Waals surface area contributed by atoms with Gasteiger partial charge in [-0.2, -0.15) is 0 Å². The van der Waals surface area contributed by atoms with E-state index in [4.69, 9.17) is 0 Å². The normalized spacial score (nSPS) is 25.9. The van der Waals surface area contributed by atoms with Gasteiger partial charge in [-0.3, -0.25) is 0 Å². The molecule has 2 fully saturated rings. The van der Waals surface area contributed by atoms with E-state index in [1.54, 1.807) is 12.3 Å². The van der Waals surface area contributed by atoms with Crippen LogP contribution in [0.2, 0.25) is 0 Å². The average molecular weight is 292 g/mol. The number of nitrogens with zero attached hydrogens (tertiary/aromatic N) is 3. The van der Waals surface area contributed by atoms with Crippen molar-refractivity contribution in [2.75, 3.05) is 32.1 Å². The van der Waals surface area contributed by atoms with Crippen molar-refractivity contribution >= 4 is 5.82 Å². The predicted octanol–water partition coefficient (Wildman–Crippen LogP) is 1.86. The Hall–Kier alpha value is -1.20. The minimum atomic E-state index is -0.155. The smallest absolute Gasteiger partial charge is 0.170 e. The van der Waals surface area contributed by atoms with E-state index in [-0.39, 0.29) is 5.82 Å². The van der Waals surface area contributed by atoms with Gasteiger partial charge in [0.1, 0.15) is 0 Å². The molecule has 2 atom stereocenters. The number of anilines is 1. The number of nitrogens with one attached hydrogen (secondary N) is 1. The Balaban J connectivity index is 1.74. The van der Waals surface area contributed by atoms with Crippen molar-refractivity contribution in [2.24, 2.45) is 5.92 Å². The van der Waals surface area contributed by atoms with Gasteiger partial charge in [0.05, 0.1) is 0 Å². The molecule has 0 amide bonds. The van der Waals surface area contributed by atoms with Gasteiger partial charge in [0.15, 0.2) is 11.6 Å². The molecule has 1 aromatic heterocycles. The van der Waals surface area contributed by atoms with Crippen LogP contribution in [0.1, 0.15) is 25.3 Å². The first kappa shape index (κ1) is 14.7. The summed E-state index contributed by atoms with van der Waals surface area (Å²) >= 11 is 0. The SMILES string of the molecule is CC1CN(c2nccc(CNC3CC3)c2F)CC1N(C)C.